The lowest BCUT2D eigenvalue weighted by Crippen LogP contribution is -2.51. The lowest BCUT2D eigenvalue weighted by Gasteiger charge is -2.35. The van der Waals surface area contributed by atoms with Crippen molar-refractivity contribution in [1.29, 1.82) is 0 Å². The Morgan fingerprint density at radius 2 is 1.42 bits per heavy atom. The molecule has 2 heterocycles. The molecule has 6 nitrogen and oxygen atoms in total. The molecule has 4 aromatic rings. The minimum Gasteiger partial charge on any atom is -0.390 e. The van der Waals surface area contributed by atoms with Crippen molar-refractivity contribution < 1.29 is 9.90 Å². The molecule has 1 aliphatic rings. The Morgan fingerprint density at radius 3 is 2.03 bits per heavy atom. The monoisotopic (exact) mass is 462 g/mol. The van der Waals surface area contributed by atoms with Crippen molar-refractivity contribution in [1.82, 2.24) is 14.4 Å². The Hall–Kier alpha value is -3.06. The van der Waals surface area contributed by atoms with Crippen LogP contribution in [0.5, 0.6) is 0 Å². The highest BCUT2D eigenvalue weighted by molar-refractivity contribution is 6.30. The number of halogens is 1. The lowest BCUT2D eigenvalue weighted by molar-refractivity contribution is 0.0749. The molecule has 1 saturated heterocycles. The van der Waals surface area contributed by atoms with Crippen LogP contribution >= 0.6 is 11.6 Å². The first-order chi connectivity index (χ1) is 16.1. The molecule has 0 unspecified atom stereocenters. The molecule has 1 fully saturated rings. The van der Waals surface area contributed by atoms with E-state index in [1.54, 1.807) is 24.3 Å². The summed E-state index contributed by atoms with van der Waals surface area (Å²) >= 11 is 5.91. The molecule has 1 atom stereocenters. The van der Waals surface area contributed by atoms with E-state index in [4.69, 9.17) is 11.6 Å². The summed E-state index contributed by atoms with van der Waals surface area (Å²) in [4.78, 5) is 16.6. The number of benzene rings is 3. The Kier molecular flexibility index (Phi) is 6.22. The third kappa shape index (κ3) is 4.69. The number of nitrogens with one attached hydrogen (secondary N) is 1. The summed E-state index contributed by atoms with van der Waals surface area (Å²) in [5, 5.41) is 16.9. The number of hydrogen-bond acceptors (Lipinski definition) is 3. The number of urea groups is 1. The van der Waals surface area contributed by atoms with Gasteiger partial charge in [0.05, 0.1) is 12.6 Å². The summed E-state index contributed by atoms with van der Waals surface area (Å²) < 4.78 is 2.21. The van der Waals surface area contributed by atoms with E-state index in [1.807, 2.05) is 17.0 Å². The molecule has 7 heteroatoms. The van der Waals surface area contributed by atoms with Gasteiger partial charge in [0.15, 0.2) is 0 Å². The number of fused-ring (bicyclic) bond motifs is 3. The normalized spacial score (nSPS) is 15.8. The maximum absolute atomic E-state index is 12.6. The first-order valence-electron chi connectivity index (χ1n) is 11.3. The number of carbonyl (C=O) groups excluding carboxylic acids is 1. The Bertz CT molecular complexity index is 1210. The predicted octanol–water partition coefficient (Wildman–Crippen LogP) is 4.66. The second-order valence-corrected chi connectivity index (χ2v) is 8.96. The summed E-state index contributed by atoms with van der Waals surface area (Å²) in [6.07, 6.45) is -0.501. The van der Waals surface area contributed by atoms with Crippen LogP contribution in [0, 0.1) is 0 Å². The average molecular weight is 463 g/mol. The standard InChI is InChI=1S/C26H27ClN4O2/c27-19-9-11-20(12-10-19)28-26(33)30-15-13-29(14-16-30)17-21(32)18-31-24-7-3-1-5-22(24)23-6-2-4-8-25(23)31/h1-12,21,32H,13-18H2,(H,28,33)/t21-/m0/s1. The first kappa shape index (κ1) is 21.8. The fourth-order valence-corrected chi connectivity index (χ4v) is 4.76. The maximum atomic E-state index is 12.6. The van der Waals surface area contributed by atoms with Gasteiger partial charge in [0, 0.05) is 65.2 Å². The van der Waals surface area contributed by atoms with Crippen LogP contribution in [0.4, 0.5) is 10.5 Å². The third-order valence-corrected chi connectivity index (χ3v) is 6.55. The largest absolute Gasteiger partial charge is 0.390 e. The summed E-state index contributed by atoms with van der Waals surface area (Å²) in [6, 6.07) is 23.7. The molecule has 0 saturated carbocycles. The Labute approximate surface area is 198 Å². The zero-order valence-electron chi connectivity index (χ0n) is 18.3. The SMILES string of the molecule is O=C(Nc1ccc(Cl)cc1)N1CCN(C[C@H](O)Cn2c3ccccc3c3ccccc32)CC1. The number of para-hydroxylation sites is 2. The minimum absolute atomic E-state index is 0.109. The smallest absolute Gasteiger partial charge is 0.321 e. The summed E-state index contributed by atoms with van der Waals surface area (Å²) in [7, 11) is 0. The second kappa shape index (κ2) is 9.43. The van der Waals surface area contributed by atoms with E-state index in [0.717, 1.165) is 29.8 Å². The molecule has 5 rings (SSSR count). The van der Waals surface area contributed by atoms with Gasteiger partial charge >= 0.3 is 6.03 Å². The van der Waals surface area contributed by atoms with Crippen molar-refractivity contribution >= 4 is 45.1 Å². The summed E-state index contributed by atoms with van der Waals surface area (Å²) in [5.74, 6) is 0. The fraction of sp³-hybridized carbons (Fsp3) is 0.269. The molecule has 1 aromatic heterocycles. The van der Waals surface area contributed by atoms with Crippen LogP contribution in [0.3, 0.4) is 0 Å². The van der Waals surface area contributed by atoms with E-state index in [9.17, 15) is 9.90 Å². The number of nitrogens with zero attached hydrogens (tertiary/aromatic N) is 3. The van der Waals surface area contributed by atoms with Crippen LogP contribution in [0.15, 0.2) is 72.8 Å². The van der Waals surface area contributed by atoms with Crippen LogP contribution in [0.2, 0.25) is 5.02 Å². The van der Waals surface area contributed by atoms with E-state index >= 15 is 0 Å². The molecule has 2 amide bonds. The topological polar surface area (TPSA) is 60.7 Å². The molecule has 0 spiro atoms. The van der Waals surface area contributed by atoms with Gasteiger partial charge in [-0.25, -0.2) is 4.79 Å². The third-order valence-electron chi connectivity index (χ3n) is 6.30. The summed E-state index contributed by atoms with van der Waals surface area (Å²) in [5.41, 5.74) is 3.01. The molecular formula is C26H27ClN4O2. The van der Waals surface area contributed by atoms with E-state index in [1.165, 1.54) is 10.8 Å². The van der Waals surface area contributed by atoms with Crippen molar-refractivity contribution in [3.05, 3.63) is 77.8 Å². The van der Waals surface area contributed by atoms with Gasteiger partial charge in [-0.3, -0.25) is 4.90 Å². The van der Waals surface area contributed by atoms with Gasteiger partial charge in [0.2, 0.25) is 0 Å². The van der Waals surface area contributed by atoms with Crippen molar-refractivity contribution in [3.63, 3.8) is 0 Å². The van der Waals surface area contributed by atoms with Crippen molar-refractivity contribution in [3.8, 4) is 0 Å². The number of hydrogen-bond donors (Lipinski definition) is 2. The van der Waals surface area contributed by atoms with Crippen LogP contribution in [0.25, 0.3) is 21.8 Å². The van der Waals surface area contributed by atoms with E-state index in [-0.39, 0.29) is 6.03 Å². The molecule has 3 aromatic carbocycles. The van der Waals surface area contributed by atoms with Gasteiger partial charge < -0.3 is 19.9 Å². The van der Waals surface area contributed by atoms with Crippen molar-refractivity contribution in [2.75, 3.05) is 38.0 Å². The number of β-amino-alcohol motifs (C(OH)–C–C–N with tert-alkyl or cyclic N) is 1. The molecule has 0 aliphatic carbocycles. The second-order valence-electron chi connectivity index (χ2n) is 8.52. The zero-order chi connectivity index (χ0) is 22.8. The van der Waals surface area contributed by atoms with Crippen LogP contribution in [-0.2, 0) is 6.54 Å². The lowest BCUT2D eigenvalue weighted by atomic mass is 10.2. The number of aromatic nitrogens is 1. The molecule has 33 heavy (non-hydrogen) atoms. The number of aliphatic hydroxyl groups excluding tert-OH is 1. The number of amides is 2. The molecule has 2 N–H and O–H groups in total. The quantitative estimate of drug-likeness (QED) is 0.453. The van der Waals surface area contributed by atoms with E-state index in [2.05, 4.69) is 51.2 Å². The van der Waals surface area contributed by atoms with Gasteiger partial charge in [0.1, 0.15) is 0 Å². The number of aliphatic hydroxyl groups is 1. The molecular weight excluding hydrogens is 436 g/mol. The zero-order valence-corrected chi connectivity index (χ0v) is 19.1. The number of carbonyl (C=O) groups is 1. The Morgan fingerprint density at radius 1 is 0.848 bits per heavy atom. The Balaban J connectivity index is 1.19. The maximum Gasteiger partial charge on any atom is 0.321 e. The molecule has 1 aliphatic heterocycles. The highest BCUT2D eigenvalue weighted by Gasteiger charge is 2.23. The van der Waals surface area contributed by atoms with Crippen LogP contribution in [-0.4, -0.2) is 64.3 Å². The van der Waals surface area contributed by atoms with Gasteiger partial charge in [-0.05, 0) is 36.4 Å². The molecule has 0 radical (unpaired) electrons. The number of anilines is 1. The average Bonchev–Trinajstić information content (AvgIpc) is 3.15. The summed E-state index contributed by atoms with van der Waals surface area (Å²) in [6.45, 7) is 3.83. The van der Waals surface area contributed by atoms with Crippen molar-refractivity contribution in [2.24, 2.45) is 0 Å². The van der Waals surface area contributed by atoms with E-state index in [0.29, 0.717) is 31.2 Å². The van der Waals surface area contributed by atoms with Gasteiger partial charge in [0.25, 0.3) is 0 Å². The van der Waals surface area contributed by atoms with E-state index < -0.39 is 6.10 Å². The first-order valence-corrected chi connectivity index (χ1v) is 11.6. The fourth-order valence-electron chi connectivity index (χ4n) is 4.64. The highest BCUT2D eigenvalue weighted by Crippen LogP contribution is 2.29. The molecule has 170 valence electrons. The minimum atomic E-state index is -0.501. The van der Waals surface area contributed by atoms with Crippen LogP contribution < -0.4 is 5.32 Å². The number of piperazine rings is 1. The number of rotatable bonds is 5. The predicted molar refractivity (Wildman–Crippen MR) is 134 cm³/mol. The van der Waals surface area contributed by atoms with Crippen LogP contribution in [0.1, 0.15) is 0 Å². The van der Waals surface area contributed by atoms with Gasteiger partial charge in [-0.15, -0.1) is 0 Å². The highest BCUT2D eigenvalue weighted by atomic mass is 35.5. The van der Waals surface area contributed by atoms with Crippen molar-refractivity contribution in [2.45, 2.75) is 12.6 Å². The molecule has 0 bridgehead atoms. The van der Waals surface area contributed by atoms with Gasteiger partial charge in [-0.1, -0.05) is 48.0 Å². The van der Waals surface area contributed by atoms with Gasteiger partial charge in [-0.2, -0.15) is 0 Å².